The van der Waals surface area contributed by atoms with Crippen LogP contribution < -0.4 is 9.44 Å². The minimum absolute atomic E-state index is 0.0863. The van der Waals surface area contributed by atoms with Crippen LogP contribution in [0.5, 0.6) is 0 Å². The van der Waals surface area contributed by atoms with Gasteiger partial charge in [0.05, 0.1) is 9.79 Å². The van der Waals surface area contributed by atoms with Crippen molar-refractivity contribution in [1.82, 2.24) is 9.44 Å². The normalized spacial score (nSPS) is 15.3. The maximum atomic E-state index is 12.4. The molecule has 0 heterocycles. The zero-order valence-electron chi connectivity index (χ0n) is 15.4. The highest BCUT2D eigenvalue weighted by Gasteiger charge is 2.32. The van der Waals surface area contributed by atoms with Crippen LogP contribution in [0.2, 0.25) is 0 Å². The average Bonchev–Trinajstić information content (AvgIpc) is 2.98. The molecule has 1 aliphatic carbocycles. The number of fused-ring (bicyclic) bond motifs is 3. The maximum Gasteiger partial charge on any atom is 0.402 e. The third-order valence-corrected chi connectivity index (χ3v) is 7.24. The number of sulfonamides is 2. The summed E-state index contributed by atoms with van der Waals surface area (Å²) in [5.41, 5.74) is 1.21. The minimum atomic E-state index is -4.73. The van der Waals surface area contributed by atoms with Gasteiger partial charge < -0.3 is 5.21 Å². The van der Waals surface area contributed by atoms with Crippen molar-refractivity contribution in [2.24, 2.45) is 5.16 Å². The third-order valence-electron chi connectivity index (χ3n) is 4.30. The average molecular weight is 463 g/mol. The molecule has 2 aromatic rings. The summed E-state index contributed by atoms with van der Waals surface area (Å²) in [5.74, 6) is 0. The van der Waals surface area contributed by atoms with Crippen LogP contribution in [-0.2, 0) is 20.0 Å². The molecule has 3 rings (SSSR count). The van der Waals surface area contributed by atoms with Gasteiger partial charge in [0.15, 0.2) is 0 Å². The molecule has 0 saturated heterocycles. The molecule has 3 N–H and O–H groups in total. The van der Waals surface area contributed by atoms with Gasteiger partial charge in [-0.25, -0.2) is 26.3 Å². The van der Waals surface area contributed by atoms with Crippen molar-refractivity contribution in [2.75, 3.05) is 13.1 Å². The van der Waals surface area contributed by atoms with Crippen LogP contribution in [0.3, 0.4) is 0 Å². The number of hydrogen-bond donors (Lipinski definition) is 3. The Morgan fingerprint density at radius 1 is 0.867 bits per heavy atom. The molecule has 1 aliphatic rings. The fourth-order valence-electron chi connectivity index (χ4n) is 3.03. The van der Waals surface area contributed by atoms with Gasteiger partial charge in [-0.2, -0.15) is 13.2 Å². The smallest absolute Gasteiger partial charge is 0.402 e. The highest BCUT2D eigenvalue weighted by atomic mass is 32.2. The van der Waals surface area contributed by atoms with Crippen molar-refractivity contribution < 1.29 is 35.2 Å². The number of oxime groups is 1. The standard InChI is InChI=1S/C17H16F3N3O5S2/c1-2-21-29(25,26)10-3-5-12-13-6-4-11(30(27,28)22-9-17(18,19)20)8-15(13)16(23-24)14(12)7-10/h3-8,21-22,24H,2,9H2,1H3/b23-16-. The van der Waals surface area contributed by atoms with Crippen molar-refractivity contribution in [3.05, 3.63) is 47.5 Å². The summed E-state index contributed by atoms with van der Waals surface area (Å²) in [5, 5.41) is 12.6. The van der Waals surface area contributed by atoms with Crippen LogP contribution in [-0.4, -0.2) is 47.0 Å². The second kappa shape index (κ2) is 7.65. The van der Waals surface area contributed by atoms with Crippen molar-refractivity contribution in [3.8, 4) is 11.1 Å². The number of hydrogen-bond acceptors (Lipinski definition) is 6. The topological polar surface area (TPSA) is 125 Å². The van der Waals surface area contributed by atoms with Gasteiger partial charge in [-0.05, 0) is 35.4 Å². The van der Waals surface area contributed by atoms with E-state index in [0.29, 0.717) is 11.1 Å². The second-order valence-corrected chi connectivity index (χ2v) is 9.84. The molecule has 0 aromatic heterocycles. The Morgan fingerprint density at radius 3 is 1.73 bits per heavy atom. The van der Waals surface area contributed by atoms with Crippen molar-refractivity contribution in [2.45, 2.75) is 22.9 Å². The largest absolute Gasteiger partial charge is 0.410 e. The number of halogens is 3. The van der Waals surface area contributed by atoms with Crippen LogP contribution in [0, 0.1) is 0 Å². The van der Waals surface area contributed by atoms with Gasteiger partial charge >= 0.3 is 6.18 Å². The Balaban J connectivity index is 2.05. The van der Waals surface area contributed by atoms with E-state index in [1.807, 2.05) is 0 Å². The summed E-state index contributed by atoms with van der Waals surface area (Å²) in [7, 11) is -8.29. The lowest BCUT2D eigenvalue weighted by atomic mass is 10.1. The van der Waals surface area contributed by atoms with Gasteiger partial charge in [-0.1, -0.05) is 24.2 Å². The van der Waals surface area contributed by atoms with Crippen LogP contribution >= 0.6 is 0 Å². The first-order chi connectivity index (χ1) is 13.9. The molecular weight excluding hydrogens is 447 g/mol. The number of rotatable bonds is 6. The molecule has 0 aliphatic heterocycles. The molecule has 162 valence electrons. The first-order valence-corrected chi connectivity index (χ1v) is 11.4. The molecule has 0 fully saturated rings. The van der Waals surface area contributed by atoms with Crippen LogP contribution in [0.25, 0.3) is 11.1 Å². The zero-order valence-corrected chi connectivity index (χ0v) is 17.0. The molecule has 0 atom stereocenters. The van der Waals surface area contributed by atoms with Crippen LogP contribution in [0.1, 0.15) is 18.1 Å². The quantitative estimate of drug-likeness (QED) is 0.381. The molecule has 2 aromatic carbocycles. The first kappa shape index (κ1) is 22.2. The molecule has 30 heavy (non-hydrogen) atoms. The van der Waals surface area contributed by atoms with Gasteiger partial charge in [0.1, 0.15) is 12.3 Å². The number of alkyl halides is 3. The highest BCUT2D eigenvalue weighted by Crippen LogP contribution is 2.39. The molecule has 0 unspecified atom stereocenters. The summed E-state index contributed by atoms with van der Waals surface area (Å²) in [6.07, 6.45) is -4.73. The lowest BCUT2D eigenvalue weighted by Gasteiger charge is -2.10. The second-order valence-electron chi connectivity index (χ2n) is 6.30. The number of nitrogens with one attached hydrogen (secondary N) is 2. The van der Waals surface area contributed by atoms with E-state index < -0.39 is 37.7 Å². The SMILES string of the molecule is CCNS(=O)(=O)c1ccc2c(c1)/C(=N/O)c1cc(S(=O)(=O)NCC(F)(F)F)ccc1-2. The maximum absolute atomic E-state index is 12.4. The number of nitrogens with zero attached hydrogens (tertiary/aromatic N) is 1. The molecular formula is C17H16F3N3O5S2. The van der Waals surface area contributed by atoms with Gasteiger partial charge in [-0.3, -0.25) is 0 Å². The molecule has 0 spiro atoms. The zero-order chi connectivity index (χ0) is 22.3. The monoisotopic (exact) mass is 463 g/mol. The summed E-state index contributed by atoms with van der Waals surface area (Å²) >= 11 is 0. The van der Waals surface area contributed by atoms with Gasteiger partial charge in [-0.15, -0.1) is 0 Å². The Kier molecular flexibility index (Phi) is 5.66. The van der Waals surface area contributed by atoms with E-state index >= 15 is 0 Å². The predicted octanol–water partition coefficient (Wildman–Crippen LogP) is 2.03. The van der Waals surface area contributed by atoms with E-state index in [9.17, 15) is 35.2 Å². The molecule has 13 heteroatoms. The molecule has 8 nitrogen and oxygen atoms in total. The first-order valence-electron chi connectivity index (χ1n) is 8.47. The Bertz CT molecular complexity index is 1240. The van der Waals surface area contributed by atoms with Crippen LogP contribution in [0.15, 0.2) is 51.3 Å². The highest BCUT2D eigenvalue weighted by molar-refractivity contribution is 7.89. The van der Waals surface area contributed by atoms with E-state index in [4.69, 9.17) is 0 Å². The lowest BCUT2D eigenvalue weighted by molar-refractivity contribution is -0.121. The summed E-state index contributed by atoms with van der Waals surface area (Å²) < 4.78 is 89.8. The number of benzene rings is 2. The third kappa shape index (κ3) is 4.19. The molecule has 0 saturated carbocycles. The minimum Gasteiger partial charge on any atom is -0.410 e. The van der Waals surface area contributed by atoms with Crippen molar-refractivity contribution in [3.63, 3.8) is 0 Å². The Labute approximate surface area is 170 Å². The summed E-state index contributed by atoms with van der Waals surface area (Å²) in [6, 6.07) is 7.64. The van der Waals surface area contributed by atoms with Gasteiger partial charge in [0.2, 0.25) is 20.0 Å². The summed E-state index contributed by atoms with van der Waals surface area (Å²) in [6.45, 7) is 0.0299. The van der Waals surface area contributed by atoms with E-state index in [1.165, 1.54) is 29.0 Å². The lowest BCUT2D eigenvalue weighted by Crippen LogP contribution is -2.33. The van der Waals surface area contributed by atoms with E-state index in [1.54, 1.807) is 6.92 Å². The van der Waals surface area contributed by atoms with Gasteiger partial charge in [0, 0.05) is 17.7 Å². The summed E-state index contributed by atoms with van der Waals surface area (Å²) in [4.78, 5) is -0.545. The Hall–Kier alpha value is -2.48. The molecule has 0 bridgehead atoms. The van der Waals surface area contributed by atoms with E-state index in [-0.39, 0.29) is 28.3 Å². The van der Waals surface area contributed by atoms with E-state index in [2.05, 4.69) is 9.88 Å². The van der Waals surface area contributed by atoms with Gasteiger partial charge in [0.25, 0.3) is 0 Å². The molecule has 0 radical (unpaired) electrons. The van der Waals surface area contributed by atoms with Crippen molar-refractivity contribution in [1.29, 1.82) is 0 Å². The van der Waals surface area contributed by atoms with Crippen molar-refractivity contribution >= 4 is 25.8 Å². The van der Waals surface area contributed by atoms with Crippen LogP contribution in [0.4, 0.5) is 13.2 Å². The Morgan fingerprint density at radius 2 is 1.33 bits per heavy atom. The fourth-order valence-corrected chi connectivity index (χ4v) is 5.14. The molecule has 0 amide bonds. The predicted molar refractivity (Wildman–Crippen MR) is 101 cm³/mol. The fraction of sp³-hybridized carbons (Fsp3) is 0.235. The van der Waals surface area contributed by atoms with E-state index in [0.717, 1.165) is 12.1 Å².